The molecule has 152 valence electrons. The number of aliphatic imine (C=N–C) groups is 1. The van der Waals surface area contributed by atoms with Gasteiger partial charge < -0.3 is 15.0 Å². The third-order valence-electron chi connectivity index (χ3n) is 6.12. The maximum Gasteiger partial charge on any atom is 0.194 e. The zero-order valence-electron chi connectivity index (χ0n) is 16.4. The van der Waals surface area contributed by atoms with Gasteiger partial charge in [0.05, 0.1) is 19.2 Å². The molecule has 3 fully saturated rings. The van der Waals surface area contributed by atoms with Gasteiger partial charge >= 0.3 is 0 Å². The molecule has 0 amide bonds. The topological polar surface area (TPSA) is 40.1 Å². The minimum Gasteiger partial charge on any atom is -0.381 e. The van der Waals surface area contributed by atoms with Crippen LogP contribution < -0.4 is 5.32 Å². The second-order valence-electron chi connectivity index (χ2n) is 7.94. The van der Waals surface area contributed by atoms with E-state index in [-0.39, 0.29) is 24.0 Å². The van der Waals surface area contributed by atoms with Crippen LogP contribution in [0.25, 0.3) is 0 Å². The molecule has 0 radical (unpaired) electrons. The van der Waals surface area contributed by atoms with E-state index in [0.717, 1.165) is 45.4 Å². The molecule has 3 saturated heterocycles. The van der Waals surface area contributed by atoms with Crippen molar-refractivity contribution in [2.24, 2.45) is 10.4 Å². The van der Waals surface area contributed by atoms with Crippen LogP contribution in [0.3, 0.4) is 0 Å². The summed E-state index contributed by atoms with van der Waals surface area (Å²) in [5.41, 5.74) is 0.373. The summed E-state index contributed by atoms with van der Waals surface area (Å²) in [4.78, 5) is 11.6. The number of guanidine groups is 1. The monoisotopic (exact) mass is 504 g/mol. The number of rotatable bonds is 5. The lowest BCUT2D eigenvalue weighted by atomic mass is 9.87. The Labute approximate surface area is 184 Å². The third kappa shape index (κ3) is 4.97. The minimum atomic E-state index is 0. The molecule has 0 aliphatic carbocycles. The quantitative estimate of drug-likeness (QED) is 0.378. The summed E-state index contributed by atoms with van der Waals surface area (Å²) in [5, 5.41) is 5.73. The van der Waals surface area contributed by atoms with Crippen molar-refractivity contribution in [1.82, 2.24) is 15.1 Å². The van der Waals surface area contributed by atoms with Crippen LogP contribution in [-0.2, 0) is 4.74 Å². The van der Waals surface area contributed by atoms with Crippen molar-refractivity contribution in [2.45, 2.75) is 38.6 Å². The van der Waals surface area contributed by atoms with Crippen LogP contribution in [0.15, 0.2) is 22.5 Å². The van der Waals surface area contributed by atoms with Gasteiger partial charge in [0.1, 0.15) is 0 Å². The van der Waals surface area contributed by atoms with E-state index in [0.29, 0.717) is 11.5 Å². The molecule has 1 aromatic heterocycles. The molecule has 27 heavy (non-hydrogen) atoms. The molecule has 1 aromatic rings. The van der Waals surface area contributed by atoms with Gasteiger partial charge in [-0.15, -0.1) is 35.3 Å². The van der Waals surface area contributed by atoms with E-state index >= 15 is 0 Å². The fourth-order valence-corrected chi connectivity index (χ4v) is 5.46. The molecule has 3 aliphatic rings. The first-order chi connectivity index (χ1) is 12.8. The predicted molar refractivity (Wildman–Crippen MR) is 123 cm³/mol. The average Bonchev–Trinajstić information content (AvgIpc) is 3.45. The smallest absolute Gasteiger partial charge is 0.194 e. The summed E-state index contributed by atoms with van der Waals surface area (Å²) in [7, 11) is 0. The highest BCUT2D eigenvalue weighted by molar-refractivity contribution is 14.0. The Hall–Kier alpha value is -0.380. The first-order valence-corrected chi connectivity index (χ1v) is 11.1. The molecule has 1 spiro atoms. The summed E-state index contributed by atoms with van der Waals surface area (Å²) >= 11 is 1.87. The molecule has 0 saturated carbocycles. The third-order valence-corrected chi connectivity index (χ3v) is 7.10. The van der Waals surface area contributed by atoms with Crippen molar-refractivity contribution >= 4 is 41.3 Å². The van der Waals surface area contributed by atoms with Gasteiger partial charge in [-0.25, -0.2) is 0 Å². The van der Waals surface area contributed by atoms with Crippen LogP contribution in [-0.4, -0.2) is 68.2 Å². The Morgan fingerprint density at radius 1 is 1.33 bits per heavy atom. The van der Waals surface area contributed by atoms with Crippen LogP contribution in [0.2, 0.25) is 0 Å². The molecular formula is C20H33IN4OS. The van der Waals surface area contributed by atoms with E-state index in [1.807, 2.05) is 11.3 Å². The van der Waals surface area contributed by atoms with Gasteiger partial charge in [0.2, 0.25) is 0 Å². The number of hydrogen-bond donors (Lipinski definition) is 1. The Balaban J connectivity index is 0.00000210. The lowest BCUT2D eigenvalue weighted by molar-refractivity contribution is 0.156. The fraction of sp³-hybridized carbons (Fsp3) is 0.750. The van der Waals surface area contributed by atoms with Crippen LogP contribution in [0.5, 0.6) is 0 Å². The summed E-state index contributed by atoms with van der Waals surface area (Å²) < 4.78 is 5.69. The number of halogens is 1. The van der Waals surface area contributed by atoms with E-state index in [9.17, 15) is 0 Å². The Morgan fingerprint density at radius 3 is 2.85 bits per heavy atom. The van der Waals surface area contributed by atoms with Crippen molar-refractivity contribution < 1.29 is 4.74 Å². The van der Waals surface area contributed by atoms with Gasteiger partial charge in [-0.05, 0) is 57.1 Å². The highest BCUT2D eigenvalue weighted by atomic mass is 127. The highest BCUT2D eigenvalue weighted by Gasteiger charge is 2.42. The summed E-state index contributed by atoms with van der Waals surface area (Å²) in [6.07, 6.45) is 5.08. The maximum atomic E-state index is 5.69. The number of thiophene rings is 1. The Morgan fingerprint density at radius 2 is 2.19 bits per heavy atom. The maximum absolute atomic E-state index is 5.69. The second-order valence-corrected chi connectivity index (χ2v) is 8.92. The lowest BCUT2D eigenvalue weighted by Crippen LogP contribution is -2.42. The number of hydrogen-bond acceptors (Lipinski definition) is 4. The normalized spacial score (nSPS) is 27.3. The highest BCUT2D eigenvalue weighted by Crippen LogP contribution is 2.38. The fourth-order valence-electron chi connectivity index (χ4n) is 4.61. The van der Waals surface area contributed by atoms with E-state index in [2.05, 4.69) is 39.6 Å². The summed E-state index contributed by atoms with van der Waals surface area (Å²) in [5.74, 6) is 1.09. The summed E-state index contributed by atoms with van der Waals surface area (Å²) in [6.45, 7) is 10.4. The zero-order chi connectivity index (χ0) is 17.8. The molecule has 0 bridgehead atoms. The van der Waals surface area contributed by atoms with E-state index in [1.54, 1.807) is 0 Å². The molecular weight excluding hydrogens is 471 g/mol. The van der Waals surface area contributed by atoms with Crippen molar-refractivity contribution in [3.05, 3.63) is 22.4 Å². The second kappa shape index (κ2) is 9.89. The van der Waals surface area contributed by atoms with Crippen LogP contribution in [0, 0.1) is 5.41 Å². The standard InChI is InChI=1S/C20H32N4OS.HI/c1-2-21-19(24-11-7-20(15-24)8-12-25-16-20)22-14-17(18-6-5-13-26-18)23-9-3-4-10-23;/h5-6,13,17H,2-4,7-12,14-16H2,1H3,(H,21,22);1H. The number of nitrogens with zero attached hydrogens (tertiary/aromatic N) is 3. The first-order valence-electron chi connectivity index (χ1n) is 10.2. The molecule has 3 aliphatic heterocycles. The summed E-state index contributed by atoms with van der Waals surface area (Å²) in [6, 6.07) is 4.87. The van der Waals surface area contributed by atoms with Crippen LogP contribution in [0.1, 0.15) is 43.5 Å². The number of likely N-dealkylation sites (tertiary alicyclic amines) is 2. The van der Waals surface area contributed by atoms with Gasteiger partial charge in [-0.3, -0.25) is 9.89 Å². The van der Waals surface area contributed by atoms with E-state index in [4.69, 9.17) is 9.73 Å². The molecule has 7 heteroatoms. The Bertz CT molecular complexity index is 597. The van der Waals surface area contributed by atoms with Crippen molar-refractivity contribution in [1.29, 1.82) is 0 Å². The molecule has 0 aromatic carbocycles. The molecule has 4 heterocycles. The Kier molecular flexibility index (Phi) is 7.82. The van der Waals surface area contributed by atoms with Crippen molar-refractivity contribution in [3.8, 4) is 0 Å². The zero-order valence-corrected chi connectivity index (χ0v) is 19.5. The van der Waals surface area contributed by atoms with Gasteiger partial charge in [0.25, 0.3) is 0 Å². The van der Waals surface area contributed by atoms with Crippen LogP contribution in [0.4, 0.5) is 0 Å². The van der Waals surface area contributed by atoms with Crippen molar-refractivity contribution in [3.63, 3.8) is 0 Å². The number of ether oxygens (including phenoxy) is 1. The number of nitrogens with one attached hydrogen (secondary N) is 1. The molecule has 2 atom stereocenters. The average molecular weight is 504 g/mol. The SMILES string of the molecule is CCNC(=NCC(c1cccs1)N1CCCC1)N1CCC2(CCOC2)C1.I. The minimum absolute atomic E-state index is 0. The lowest BCUT2D eigenvalue weighted by Gasteiger charge is -2.28. The van der Waals surface area contributed by atoms with Crippen molar-refractivity contribution in [2.75, 3.05) is 52.5 Å². The van der Waals surface area contributed by atoms with E-state index < -0.39 is 0 Å². The first kappa shape index (κ1) is 21.3. The van der Waals surface area contributed by atoms with Crippen LogP contribution >= 0.6 is 35.3 Å². The van der Waals surface area contributed by atoms with Gasteiger partial charge in [0, 0.05) is 36.5 Å². The predicted octanol–water partition coefficient (Wildman–Crippen LogP) is 3.58. The van der Waals surface area contributed by atoms with Gasteiger partial charge in [-0.1, -0.05) is 6.07 Å². The largest absolute Gasteiger partial charge is 0.381 e. The van der Waals surface area contributed by atoms with E-state index in [1.165, 1.54) is 43.6 Å². The molecule has 2 unspecified atom stereocenters. The molecule has 5 nitrogen and oxygen atoms in total. The molecule has 1 N–H and O–H groups in total. The van der Waals surface area contributed by atoms with Gasteiger partial charge in [0.15, 0.2) is 5.96 Å². The van der Waals surface area contributed by atoms with Gasteiger partial charge in [-0.2, -0.15) is 0 Å². The molecule has 4 rings (SSSR count).